The summed E-state index contributed by atoms with van der Waals surface area (Å²) in [5.74, 6) is -2.03. The van der Waals surface area contributed by atoms with E-state index in [1.807, 2.05) is 0 Å². The smallest absolute Gasteiger partial charge is 0.330 e. The van der Waals surface area contributed by atoms with Gasteiger partial charge in [-0.1, -0.05) is 6.07 Å². The number of hydrogen-bond acceptors (Lipinski definition) is 1. The SMILES string of the molecule is O=C(N1CCc2ccc(C(F)(F)F)cc2C1)C(F)(F)F. The number of alkyl halides is 6. The zero-order chi connectivity index (χ0) is 15.1. The van der Waals surface area contributed by atoms with Gasteiger partial charge in [0.1, 0.15) is 0 Å². The third kappa shape index (κ3) is 2.88. The molecule has 0 aromatic heterocycles. The zero-order valence-electron chi connectivity index (χ0n) is 9.98. The number of carbonyl (C=O) groups is 1. The number of halogens is 6. The topological polar surface area (TPSA) is 20.3 Å². The van der Waals surface area contributed by atoms with Crippen LogP contribution in [0.1, 0.15) is 16.7 Å². The van der Waals surface area contributed by atoms with Crippen molar-refractivity contribution in [2.24, 2.45) is 0 Å². The van der Waals surface area contributed by atoms with Gasteiger partial charge in [-0.2, -0.15) is 26.3 Å². The number of amides is 1. The van der Waals surface area contributed by atoms with Crippen molar-refractivity contribution in [1.82, 2.24) is 4.90 Å². The van der Waals surface area contributed by atoms with E-state index < -0.39 is 30.4 Å². The van der Waals surface area contributed by atoms with Gasteiger partial charge in [0.05, 0.1) is 5.56 Å². The van der Waals surface area contributed by atoms with E-state index in [2.05, 4.69) is 0 Å². The molecule has 1 aliphatic heterocycles. The third-order valence-electron chi connectivity index (χ3n) is 3.08. The van der Waals surface area contributed by atoms with Crippen LogP contribution in [0.25, 0.3) is 0 Å². The quantitative estimate of drug-likeness (QED) is 0.674. The highest BCUT2D eigenvalue weighted by atomic mass is 19.4. The van der Waals surface area contributed by atoms with Gasteiger partial charge in [0.25, 0.3) is 0 Å². The molecule has 0 saturated carbocycles. The molecule has 110 valence electrons. The fourth-order valence-corrected chi connectivity index (χ4v) is 2.09. The summed E-state index contributed by atoms with van der Waals surface area (Å²) in [6.07, 6.45) is -9.47. The van der Waals surface area contributed by atoms with E-state index in [1.165, 1.54) is 6.07 Å². The van der Waals surface area contributed by atoms with E-state index in [4.69, 9.17) is 0 Å². The standard InChI is InChI=1S/C12H9F6NO/c13-11(14,15)9-2-1-7-3-4-19(6-8(7)5-9)10(20)12(16,17)18/h1-2,5H,3-4,6H2. The number of nitrogens with zero attached hydrogens (tertiary/aromatic N) is 1. The number of benzene rings is 1. The van der Waals surface area contributed by atoms with Crippen LogP contribution in [0.2, 0.25) is 0 Å². The fraction of sp³-hybridized carbons (Fsp3) is 0.417. The van der Waals surface area contributed by atoms with Crippen molar-refractivity contribution >= 4 is 5.91 Å². The van der Waals surface area contributed by atoms with Crippen molar-refractivity contribution in [1.29, 1.82) is 0 Å². The normalized spacial score (nSPS) is 16.0. The van der Waals surface area contributed by atoms with Crippen LogP contribution in [0.5, 0.6) is 0 Å². The van der Waals surface area contributed by atoms with Gasteiger partial charge in [0.2, 0.25) is 0 Å². The summed E-state index contributed by atoms with van der Waals surface area (Å²) in [5, 5.41) is 0. The van der Waals surface area contributed by atoms with Crippen molar-refractivity contribution in [3.05, 3.63) is 34.9 Å². The second-order valence-electron chi connectivity index (χ2n) is 4.46. The van der Waals surface area contributed by atoms with E-state index in [9.17, 15) is 31.1 Å². The van der Waals surface area contributed by atoms with Gasteiger partial charge in [-0.25, -0.2) is 0 Å². The minimum Gasteiger partial charge on any atom is -0.330 e. The Balaban J connectivity index is 2.27. The van der Waals surface area contributed by atoms with Crippen molar-refractivity contribution in [3.8, 4) is 0 Å². The summed E-state index contributed by atoms with van der Waals surface area (Å²) >= 11 is 0. The van der Waals surface area contributed by atoms with Gasteiger partial charge in [0, 0.05) is 13.1 Å². The van der Waals surface area contributed by atoms with Crippen LogP contribution in [-0.4, -0.2) is 23.5 Å². The number of fused-ring (bicyclic) bond motifs is 1. The fourth-order valence-electron chi connectivity index (χ4n) is 2.09. The molecule has 1 amide bonds. The first-order valence-electron chi connectivity index (χ1n) is 5.64. The Hall–Kier alpha value is -1.73. The lowest BCUT2D eigenvalue weighted by molar-refractivity contribution is -0.186. The summed E-state index contributed by atoms with van der Waals surface area (Å²) in [7, 11) is 0. The summed E-state index contributed by atoms with van der Waals surface area (Å²) in [6, 6.07) is 2.93. The summed E-state index contributed by atoms with van der Waals surface area (Å²) in [5.41, 5.74) is -0.301. The first-order chi connectivity index (χ1) is 9.09. The minimum atomic E-state index is -5.01. The van der Waals surface area contributed by atoms with Crippen LogP contribution >= 0.6 is 0 Å². The molecule has 2 nitrogen and oxygen atoms in total. The largest absolute Gasteiger partial charge is 0.471 e. The molecule has 0 aliphatic carbocycles. The highest BCUT2D eigenvalue weighted by Crippen LogP contribution is 2.32. The minimum absolute atomic E-state index is 0.101. The highest BCUT2D eigenvalue weighted by Gasteiger charge is 2.43. The Morgan fingerprint density at radius 2 is 1.70 bits per heavy atom. The van der Waals surface area contributed by atoms with E-state index in [1.54, 1.807) is 0 Å². The zero-order valence-corrected chi connectivity index (χ0v) is 9.98. The van der Waals surface area contributed by atoms with E-state index in [-0.39, 0.29) is 18.5 Å². The molecule has 2 rings (SSSR count). The molecule has 0 bridgehead atoms. The van der Waals surface area contributed by atoms with Crippen LogP contribution in [0.15, 0.2) is 18.2 Å². The first-order valence-corrected chi connectivity index (χ1v) is 5.64. The maximum absolute atomic E-state index is 12.5. The maximum atomic E-state index is 12.5. The Kier molecular flexibility index (Phi) is 3.43. The van der Waals surface area contributed by atoms with Gasteiger partial charge in [-0.05, 0) is 29.7 Å². The van der Waals surface area contributed by atoms with Crippen LogP contribution in [-0.2, 0) is 23.9 Å². The molecular formula is C12H9F6NO. The molecule has 20 heavy (non-hydrogen) atoms. The first kappa shape index (κ1) is 14.7. The molecule has 8 heteroatoms. The second kappa shape index (κ2) is 4.68. The van der Waals surface area contributed by atoms with Crippen molar-refractivity contribution in [3.63, 3.8) is 0 Å². The molecule has 1 heterocycles. The average molecular weight is 297 g/mol. The maximum Gasteiger partial charge on any atom is 0.471 e. The van der Waals surface area contributed by atoms with Crippen molar-refractivity contribution in [2.45, 2.75) is 25.3 Å². The van der Waals surface area contributed by atoms with Gasteiger partial charge < -0.3 is 4.90 Å². The number of carbonyl (C=O) groups excluding carboxylic acids is 1. The number of rotatable bonds is 0. The molecule has 0 atom stereocenters. The molecular weight excluding hydrogens is 288 g/mol. The van der Waals surface area contributed by atoms with Crippen LogP contribution in [0.4, 0.5) is 26.3 Å². The van der Waals surface area contributed by atoms with Crippen molar-refractivity contribution < 1.29 is 31.1 Å². The van der Waals surface area contributed by atoms with E-state index in [0.717, 1.165) is 12.1 Å². The van der Waals surface area contributed by atoms with Gasteiger partial charge >= 0.3 is 18.3 Å². The number of hydrogen-bond donors (Lipinski definition) is 0. The lowest BCUT2D eigenvalue weighted by atomic mass is 9.97. The highest BCUT2D eigenvalue weighted by molar-refractivity contribution is 5.82. The van der Waals surface area contributed by atoms with Crippen LogP contribution < -0.4 is 0 Å². The predicted octanol–water partition coefficient (Wildman–Crippen LogP) is 3.15. The molecule has 1 aliphatic rings. The molecule has 0 spiro atoms. The van der Waals surface area contributed by atoms with Crippen LogP contribution in [0, 0.1) is 0 Å². The second-order valence-corrected chi connectivity index (χ2v) is 4.46. The average Bonchev–Trinajstić information content (AvgIpc) is 2.34. The van der Waals surface area contributed by atoms with Crippen LogP contribution in [0.3, 0.4) is 0 Å². The van der Waals surface area contributed by atoms with Gasteiger partial charge in [-0.3, -0.25) is 4.79 Å². The summed E-state index contributed by atoms with van der Waals surface area (Å²) in [6.45, 7) is -0.617. The Bertz CT molecular complexity index is 534. The molecule has 0 fully saturated rings. The molecule has 1 aromatic rings. The van der Waals surface area contributed by atoms with Gasteiger partial charge in [-0.15, -0.1) is 0 Å². The molecule has 0 N–H and O–H groups in total. The van der Waals surface area contributed by atoms with Gasteiger partial charge in [0.15, 0.2) is 0 Å². The van der Waals surface area contributed by atoms with Crippen molar-refractivity contribution in [2.75, 3.05) is 6.54 Å². The third-order valence-corrected chi connectivity index (χ3v) is 3.08. The molecule has 0 unspecified atom stereocenters. The van der Waals surface area contributed by atoms with E-state index >= 15 is 0 Å². The molecule has 0 radical (unpaired) electrons. The lowest BCUT2D eigenvalue weighted by Gasteiger charge is -2.29. The summed E-state index contributed by atoms with van der Waals surface area (Å²) < 4.78 is 74.5. The Labute approximate surface area is 110 Å². The monoisotopic (exact) mass is 297 g/mol. The lowest BCUT2D eigenvalue weighted by Crippen LogP contribution is -2.43. The predicted molar refractivity (Wildman–Crippen MR) is 56.6 cm³/mol. The molecule has 0 saturated heterocycles. The van der Waals surface area contributed by atoms with E-state index in [0.29, 0.717) is 10.5 Å². The Morgan fingerprint density at radius 3 is 2.25 bits per heavy atom. The Morgan fingerprint density at radius 1 is 1.05 bits per heavy atom. The molecule has 1 aromatic carbocycles. The summed E-state index contributed by atoms with van der Waals surface area (Å²) in [4.78, 5) is 11.6.